The van der Waals surface area contributed by atoms with Gasteiger partial charge in [-0.2, -0.15) is 0 Å². The first kappa shape index (κ1) is 15.0. The molecule has 0 radical (unpaired) electrons. The number of carbonyl (C=O) groups is 1. The molecule has 0 aliphatic carbocycles. The minimum absolute atomic E-state index is 0.0249. The molecule has 0 bridgehead atoms. The Morgan fingerprint density at radius 2 is 2.33 bits per heavy atom. The van der Waals surface area contributed by atoms with Gasteiger partial charge in [0.25, 0.3) is 0 Å². The maximum Gasteiger partial charge on any atom is 0.244 e. The molecule has 3 heteroatoms. The van der Waals surface area contributed by atoms with Crippen molar-refractivity contribution in [2.75, 3.05) is 13.2 Å². The van der Waals surface area contributed by atoms with Crippen LogP contribution in [0.2, 0.25) is 0 Å². The van der Waals surface area contributed by atoms with Gasteiger partial charge in [-0.25, -0.2) is 0 Å². The fourth-order valence-corrected chi connectivity index (χ4v) is 1.92. The molecule has 0 aromatic heterocycles. The highest BCUT2D eigenvalue weighted by Gasteiger charge is 2.15. The minimum atomic E-state index is -0.0249. The number of carbonyl (C=O) groups excluding carboxylic acids is 1. The molecule has 1 fully saturated rings. The topological polar surface area (TPSA) is 38.3 Å². The molecule has 102 valence electrons. The lowest BCUT2D eigenvalue weighted by Gasteiger charge is -2.09. The number of hydrogen-bond donors (Lipinski definition) is 1. The SMILES string of the molecule is CCCCC=CC(C)=CC(=O)NCC1CCCO1. The number of hydrogen-bond acceptors (Lipinski definition) is 2. The van der Waals surface area contributed by atoms with Crippen molar-refractivity contribution in [3.05, 3.63) is 23.8 Å². The van der Waals surface area contributed by atoms with Gasteiger partial charge in [-0.3, -0.25) is 4.79 Å². The summed E-state index contributed by atoms with van der Waals surface area (Å²) in [5.74, 6) is -0.0249. The number of rotatable bonds is 7. The van der Waals surface area contributed by atoms with Crippen molar-refractivity contribution >= 4 is 5.91 Å². The zero-order valence-electron chi connectivity index (χ0n) is 11.6. The van der Waals surface area contributed by atoms with Crippen LogP contribution in [0.5, 0.6) is 0 Å². The molecular formula is C15H25NO2. The summed E-state index contributed by atoms with van der Waals surface area (Å²) in [6.45, 7) is 5.58. The van der Waals surface area contributed by atoms with Crippen molar-refractivity contribution in [1.29, 1.82) is 0 Å². The van der Waals surface area contributed by atoms with Crippen LogP contribution >= 0.6 is 0 Å². The van der Waals surface area contributed by atoms with Crippen LogP contribution in [0, 0.1) is 0 Å². The monoisotopic (exact) mass is 251 g/mol. The Morgan fingerprint density at radius 3 is 3.00 bits per heavy atom. The Kier molecular flexibility index (Phi) is 7.42. The van der Waals surface area contributed by atoms with Crippen molar-refractivity contribution in [3.8, 4) is 0 Å². The van der Waals surface area contributed by atoms with E-state index in [1.54, 1.807) is 6.08 Å². The molecule has 1 aliphatic heterocycles. The van der Waals surface area contributed by atoms with E-state index in [9.17, 15) is 4.79 Å². The third kappa shape index (κ3) is 6.60. The van der Waals surface area contributed by atoms with Gasteiger partial charge in [0.05, 0.1) is 6.10 Å². The third-order valence-corrected chi connectivity index (χ3v) is 2.99. The van der Waals surface area contributed by atoms with Crippen molar-refractivity contribution in [2.45, 2.75) is 52.1 Å². The summed E-state index contributed by atoms with van der Waals surface area (Å²) < 4.78 is 5.45. The van der Waals surface area contributed by atoms with Gasteiger partial charge in [-0.15, -0.1) is 0 Å². The van der Waals surface area contributed by atoms with E-state index in [1.807, 2.05) is 13.0 Å². The molecule has 1 N–H and O–H groups in total. The van der Waals surface area contributed by atoms with Crippen LogP contribution in [0.25, 0.3) is 0 Å². The van der Waals surface area contributed by atoms with E-state index in [2.05, 4.69) is 18.3 Å². The number of unbranched alkanes of at least 4 members (excludes halogenated alkanes) is 2. The maximum atomic E-state index is 11.6. The van der Waals surface area contributed by atoms with Crippen LogP contribution in [0.1, 0.15) is 46.0 Å². The Bertz CT molecular complexity index is 302. The van der Waals surface area contributed by atoms with Crippen LogP contribution in [0.4, 0.5) is 0 Å². The van der Waals surface area contributed by atoms with Gasteiger partial charge in [0, 0.05) is 19.2 Å². The van der Waals surface area contributed by atoms with E-state index >= 15 is 0 Å². The molecule has 18 heavy (non-hydrogen) atoms. The molecular weight excluding hydrogens is 226 g/mol. The predicted molar refractivity (Wildman–Crippen MR) is 74.4 cm³/mol. The van der Waals surface area contributed by atoms with Gasteiger partial charge in [-0.05, 0) is 31.8 Å². The fraction of sp³-hybridized carbons (Fsp3) is 0.667. The number of amides is 1. The first-order chi connectivity index (χ1) is 8.72. The van der Waals surface area contributed by atoms with Crippen LogP contribution < -0.4 is 5.32 Å². The minimum Gasteiger partial charge on any atom is -0.376 e. The molecule has 1 atom stereocenters. The smallest absolute Gasteiger partial charge is 0.244 e. The summed E-state index contributed by atoms with van der Waals surface area (Å²) >= 11 is 0. The quantitative estimate of drug-likeness (QED) is 0.429. The number of allylic oxidation sites excluding steroid dienone is 3. The van der Waals surface area contributed by atoms with E-state index in [4.69, 9.17) is 4.74 Å². The van der Waals surface area contributed by atoms with Crippen molar-refractivity contribution < 1.29 is 9.53 Å². The molecule has 0 saturated carbocycles. The fourth-order valence-electron chi connectivity index (χ4n) is 1.92. The summed E-state index contributed by atoms with van der Waals surface area (Å²) in [5, 5.41) is 2.88. The number of nitrogens with one attached hydrogen (secondary N) is 1. The van der Waals surface area contributed by atoms with Crippen molar-refractivity contribution in [2.24, 2.45) is 0 Å². The normalized spacial score (nSPS) is 20.6. The molecule has 0 aromatic carbocycles. The van der Waals surface area contributed by atoms with E-state index in [0.717, 1.165) is 31.4 Å². The second kappa shape index (κ2) is 8.92. The third-order valence-electron chi connectivity index (χ3n) is 2.99. The van der Waals surface area contributed by atoms with Crippen molar-refractivity contribution in [1.82, 2.24) is 5.32 Å². The highest BCUT2D eigenvalue weighted by molar-refractivity contribution is 5.88. The van der Waals surface area contributed by atoms with E-state index < -0.39 is 0 Å². The Hall–Kier alpha value is -1.09. The second-order valence-electron chi connectivity index (χ2n) is 4.81. The summed E-state index contributed by atoms with van der Waals surface area (Å²) in [6.07, 6.45) is 11.7. The molecule has 1 saturated heterocycles. The molecule has 0 aromatic rings. The predicted octanol–water partition coefficient (Wildman–Crippen LogP) is 2.97. The average molecular weight is 251 g/mol. The summed E-state index contributed by atoms with van der Waals surface area (Å²) in [5.41, 5.74) is 0.996. The molecule has 1 aliphatic rings. The van der Waals surface area contributed by atoms with Gasteiger partial charge in [-0.1, -0.05) is 31.9 Å². The van der Waals surface area contributed by atoms with Crippen LogP contribution in [0.3, 0.4) is 0 Å². The Labute approximate surface area is 110 Å². The lowest BCUT2D eigenvalue weighted by Crippen LogP contribution is -2.30. The molecule has 0 spiro atoms. The number of ether oxygens (including phenoxy) is 1. The Morgan fingerprint density at radius 1 is 1.50 bits per heavy atom. The Balaban J connectivity index is 2.21. The van der Waals surface area contributed by atoms with Crippen LogP contribution in [0.15, 0.2) is 23.8 Å². The van der Waals surface area contributed by atoms with Gasteiger partial charge in [0.15, 0.2) is 0 Å². The van der Waals surface area contributed by atoms with Crippen molar-refractivity contribution in [3.63, 3.8) is 0 Å². The van der Waals surface area contributed by atoms with Crippen LogP contribution in [-0.2, 0) is 9.53 Å². The molecule has 1 amide bonds. The highest BCUT2D eigenvalue weighted by Crippen LogP contribution is 2.10. The zero-order valence-corrected chi connectivity index (χ0v) is 11.6. The first-order valence-electron chi connectivity index (χ1n) is 6.96. The standard InChI is InChI=1S/C15H25NO2/c1-3-4-5-6-8-13(2)11-15(17)16-12-14-9-7-10-18-14/h6,8,11,14H,3-5,7,9-10,12H2,1-2H3,(H,16,17). The maximum absolute atomic E-state index is 11.6. The summed E-state index contributed by atoms with van der Waals surface area (Å²) in [6, 6.07) is 0. The average Bonchev–Trinajstić information content (AvgIpc) is 2.85. The van der Waals surface area contributed by atoms with E-state index in [0.29, 0.717) is 6.54 Å². The van der Waals surface area contributed by atoms with E-state index in [1.165, 1.54) is 12.8 Å². The summed E-state index contributed by atoms with van der Waals surface area (Å²) in [4.78, 5) is 11.6. The second-order valence-corrected chi connectivity index (χ2v) is 4.81. The summed E-state index contributed by atoms with van der Waals surface area (Å²) in [7, 11) is 0. The van der Waals surface area contributed by atoms with Gasteiger partial charge in [0.2, 0.25) is 5.91 Å². The van der Waals surface area contributed by atoms with Gasteiger partial charge < -0.3 is 10.1 Å². The molecule has 3 nitrogen and oxygen atoms in total. The zero-order chi connectivity index (χ0) is 13.2. The van der Waals surface area contributed by atoms with Gasteiger partial charge >= 0.3 is 0 Å². The lowest BCUT2D eigenvalue weighted by molar-refractivity contribution is -0.117. The van der Waals surface area contributed by atoms with Gasteiger partial charge in [0.1, 0.15) is 0 Å². The molecule has 1 unspecified atom stereocenters. The highest BCUT2D eigenvalue weighted by atomic mass is 16.5. The lowest BCUT2D eigenvalue weighted by atomic mass is 10.2. The largest absolute Gasteiger partial charge is 0.376 e. The van der Waals surface area contributed by atoms with Crippen LogP contribution in [-0.4, -0.2) is 25.2 Å². The molecule has 1 rings (SSSR count). The van der Waals surface area contributed by atoms with E-state index in [-0.39, 0.29) is 12.0 Å². The first-order valence-corrected chi connectivity index (χ1v) is 6.96. The molecule has 1 heterocycles.